The third kappa shape index (κ3) is 5.34. The maximum absolute atomic E-state index is 12.6. The van der Waals surface area contributed by atoms with Crippen molar-refractivity contribution in [2.75, 3.05) is 12.3 Å². The van der Waals surface area contributed by atoms with E-state index in [9.17, 15) is 9.59 Å². The fourth-order valence-corrected chi connectivity index (χ4v) is 5.14. The molecule has 4 heteroatoms. The summed E-state index contributed by atoms with van der Waals surface area (Å²) in [6, 6.07) is 10.6. The lowest BCUT2D eigenvalue weighted by Gasteiger charge is -2.43. The van der Waals surface area contributed by atoms with Gasteiger partial charge in [0.05, 0.1) is 0 Å². The molecule has 2 fully saturated rings. The van der Waals surface area contributed by atoms with Gasteiger partial charge in [0.1, 0.15) is 5.78 Å². The first-order valence-corrected chi connectivity index (χ1v) is 10.7. The molecule has 0 aromatic heterocycles. The van der Waals surface area contributed by atoms with Crippen LogP contribution in [0, 0.1) is 5.92 Å². The lowest BCUT2D eigenvalue weighted by atomic mass is 9.78. The molecule has 1 aliphatic carbocycles. The number of likely N-dealkylation sites (tertiary alicyclic amines) is 1. The highest BCUT2D eigenvalue weighted by molar-refractivity contribution is 8.13. The van der Waals surface area contributed by atoms with Crippen molar-refractivity contribution in [2.45, 2.75) is 63.8 Å². The number of hydrogen-bond acceptors (Lipinski definition) is 3. The van der Waals surface area contributed by atoms with Gasteiger partial charge in [0.25, 0.3) is 5.24 Å². The molecule has 0 radical (unpaired) electrons. The van der Waals surface area contributed by atoms with Crippen molar-refractivity contribution in [3.8, 4) is 0 Å². The number of Topliss-reactive ketones (excluding diaryl/α,β-unsaturated/α-hetero) is 1. The molecule has 1 aromatic rings. The first-order valence-electron chi connectivity index (χ1n) is 9.73. The second-order valence-corrected chi connectivity index (χ2v) is 8.38. The van der Waals surface area contributed by atoms with E-state index in [-0.39, 0.29) is 11.0 Å². The minimum atomic E-state index is 0.201. The number of carbonyl (C=O) groups is 2. The quantitative estimate of drug-likeness (QED) is 0.710. The third-order valence-electron chi connectivity index (χ3n) is 5.62. The molecule has 25 heavy (non-hydrogen) atoms. The van der Waals surface area contributed by atoms with Crippen molar-refractivity contribution in [1.82, 2.24) is 4.90 Å². The second-order valence-electron chi connectivity index (χ2n) is 7.34. The van der Waals surface area contributed by atoms with Gasteiger partial charge in [-0.25, -0.2) is 0 Å². The van der Waals surface area contributed by atoms with Gasteiger partial charge >= 0.3 is 0 Å². The van der Waals surface area contributed by atoms with Crippen molar-refractivity contribution in [2.24, 2.45) is 5.92 Å². The molecule has 3 rings (SSSR count). The number of ketones is 1. The van der Waals surface area contributed by atoms with E-state index in [0.29, 0.717) is 24.6 Å². The SMILES string of the molecule is O=C(CCSC(=O)N1CCCC2CCCCC21)CCc1ccccc1. The van der Waals surface area contributed by atoms with Crippen molar-refractivity contribution in [3.05, 3.63) is 35.9 Å². The van der Waals surface area contributed by atoms with Gasteiger partial charge in [-0.3, -0.25) is 9.59 Å². The minimum Gasteiger partial charge on any atom is -0.330 e. The molecule has 1 heterocycles. The maximum Gasteiger partial charge on any atom is 0.281 e. The fourth-order valence-electron chi connectivity index (χ4n) is 4.24. The molecule has 2 atom stereocenters. The second kappa shape index (κ2) is 9.42. The number of carbonyl (C=O) groups excluding carboxylic acids is 2. The Morgan fingerprint density at radius 2 is 1.76 bits per heavy atom. The molecule has 0 spiro atoms. The van der Waals surface area contributed by atoms with Crippen LogP contribution in [0.15, 0.2) is 30.3 Å². The predicted octanol–water partition coefficient (Wildman–Crippen LogP) is 5.09. The monoisotopic (exact) mass is 359 g/mol. The molecule has 136 valence electrons. The normalized spacial score (nSPS) is 23.1. The first-order chi connectivity index (χ1) is 12.2. The fraction of sp³-hybridized carbons (Fsp3) is 0.619. The Kier molecular flexibility index (Phi) is 6.97. The topological polar surface area (TPSA) is 37.4 Å². The van der Waals surface area contributed by atoms with Crippen LogP contribution in [0.1, 0.15) is 56.9 Å². The van der Waals surface area contributed by atoms with Crippen LogP contribution in [-0.2, 0) is 11.2 Å². The summed E-state index contributed by atoms with van der Waals surface area (Å²) < 4.78 is 0. The van der Waals surface area contributed by atoms with E-state index in [0.717, 1.165) is 25.3 Å². The van der Waals surface area contributed by atoms with Crippen molar-refractivity contribution in [1.29, 1.82) is 0 Å². The number of fused-ring (bicyclic) bond motifs is 1. The van der Waals surface area contributed by atoms with Crippen LogP contribution >= 0.6 is 11.8 Å². The van der Waals surface area contributed by atoms with Gasteiger partial charge in [-0.15, -0.1) is 0 Å². The number of thioether (sulfide) groups is 1. The van der Waals surface area contributed by atoms with Crippen LogP contribution in [0.5, 0.6) is 0 Å². The molecule has 1 saturated carbocycles. The average molecular weight is 360 g/mol. The van der Waals surface area contributed by atoms with Crippen LogP contribution in [0.3, 0.4) is 0 Å². The Labute approximate surface area is 155 Å². The number of benzene rings is 1. The molecule has 0 bridgehead atoms. The summed E-state index contributed by atoms with van der Waals surface area (Å²) in [5.74, 6) is 1.61. The smallest absolute Gasteiger partial charge is 0.281 e. The molecule has 1 saturated heterocycles. The lowest BCUT2D eigenvalue weighted by molar-refractivity contribution is -0.118. The van der Waals surface area contributed by atoms with E-state index in [2.05, 4.69) is 17.0 Å². The van der Waals surface area contributed by atoms with Crippen molar-refractivity contribution >= 4 is 22.8 Å². The summed E-state index contributed by atoms with van der Waals surface area (Å²) in [6.45, 7) is 0.912. The van der Waals surface area contributed by atoms with Crippen molar-refractivity contribution < 1.29 is 9.59 Å². The van der Waals surface area contributed by atoms with E-state index < -0.39 is 0 Å². The van der Waals surface area contributed by atoms with E-state index >= 15 is 0 Å². The zero-order valence-electron chi connectivity index (χ0n) is 15.0. The Bertz CT molecular complexity index is 573. The summed E-state index contributed by atoms with van der Waals surface area (Å²) in [4.78, 5) is 26.8. The number of nitrogens with zero attached hydrogens (tertiary/aromatic N) is 1. The van der Waals surface area contributed by atoms with E-state index in [1.165, 1.54) is 49.4 Å². The van der Waals surface area contributed by atoms with Crippen LogP contribution in [0.25, 0.3) is 0 Å². The molecule has 3 nitrogen and oxygen atoms in total. The Morgan fingerprint density at radius 3 is 2.60 bits per heavy atom. The number of hydrogen-bond donors (Lipinski definition) is 0. The highest BCUT2D eigenvalue weighted by atomic mass is 32.2. The average Bonchev–Trinajstić information content (AvgIpc) is 2.66. The molecule has 1 aliphatic heterocycles. The van der Waals surface area contributed by atoms with Crippen LogP contribution in [0.4, 0.5) is 4.79 Å². The van der Waals surface area contributed by atoms with Crippen LogP contribution in [-0.4, -0.2) is 34.3 Å². The van der Waals surface area contributed by atoms with E-state index in [4.69, 9.17) is 0 Å². The van der Waals surface area contributed by atoms with Gasteiger partial charge in [0.15, 0.2) is 0 Å². The number of aryl methyl sites for hydroxylation is 1. The highest BCUT2D eigenvalue weighted by Crippen LogP contribution is 2.36. The number of rotatable bonds is 6. The number of amides is 1. The summed E-state index contributed by atoms with van der Waals surface area (Å²) in [7, 11) is 0. The van der Waals surface area contributed by atoms with Crippen molar-refractivity contribution in [3.63, 3.8) is 0 Å². The van der Waals surface area contributed by atoms with Gasteiger partial charge in [-0.1, -0.05) is 54.9 Å². The van der Waals surface area contributed by atoms with Gasteiger partial charge in [-0.05, 0) is 43.6 Å². The number of piperidine rings is 1. The van der Waals surface area contributed by atoms with Gasteiger partial charge in [0, 0.05) is 31.2 Å². The van der Waals surface area contributed by atoms with Crippen LogP contribution < -0.4 is 0 Å². The minimum absolute atomic E-state index is 0.201. The zero-order valence-corrected chi connectivity index (χ0v) is 15.8. The molecule has 1 aromatic carbocycles. The molecule has 2 aliphatic rings. The Balaban J connectivity index is 1.37. The van der Waals surface area contributed by atoms with Crippen LogP contribution in [0.2, 0.25) is 0 Å². The third-order valence-corrected chi connectivity index (χ3v) is 6.51. The molecular formula is C21H29NO2S. The van der Waals surface area contributed by atoms with Gasteiger partial charge in [-0.2, -0.15) is 0 Å². The maximum atomic E-state index is 12.6. The Morgan fingerprint density at radius 1 is 1.00 bits per heavy atom. The summed E-state index contributed by atoms with van der Waals surface area (Å²) in [5, 5.41) is 0.201. The summed E-state index contributed by atoms with van der Waals surface area (Å²) in [5.41, 5.74) is 1.20. The Hall–Kier alpha value is -1.29. The molecule has 0 N–H and O–H groups in total. The molecular weight excluding hydrogens is 330 g/mol. The highest BCUT2D eigenvalue weighted by Gasteiger charge is 2.35. The van der Waals surface area contributed by atoms with Gasteiger partial charge < -0.3 is 4.90 Å². The molecule has 1 amide bonds. The predicted molar refractivity (Wildman–Crippen MR) is 104 cm³/mol. The van der Waals surface area contributed by atoms with E-state index in [1.807, 2.05) is 18.2 Å². The first kappa shape index (κ1) is 18.5. The molecule has 2 unspecified atom stereocenters. The summed E-state index contributed by atoms with van der Waals surface area (Å²) in [6.07, 6.45) is 9.36. The largest absolute Gasteiger partial charge is 0.330 e. The van der Waals surface area contributed by atoms with E-state index in [1.54, 1.807) is 0 Å². The zero-order chi connectivity index (χ0) is 17.5. The lowest BCUT2D eigenvalue weighted by Crippen LogP contribution is -2.48. The van der Waals surface area contributed by atoms with Gasteiger partial charge in [0.2, 0.25) is 0 Å². The summed E-state index contributed by atoms with van der Waals surface area (Å²) >= 11 is 1.35. The standard InChI is InChI=1S/C21H29NO2S/c23-19(13-12-17-7-2-1-3-8-17)14-16-25-21(24)22-15-6-10-18-9-4-5-11-20(18)22/h1-3,7-8,18,20H,4-6,9-16H2.